The molecule has 1 heterocycles. The van der Waals surface area contributed by atoms with Crippen molar-refractivity contribution in [2.75, 3.05) is 6.54 Å². The molecule has 0 bridgehead atoms. The summed E-state index contributed by atoms with van der Waals surface area (Å²) in [5.74, 6) is -1.41. The van der Waals surface area contributed by atoms with Crippen LogP contribution in [-0.2, 0) is 14.3 Å². The van der Waals surface area contributed by atoms with Crippen LogP contribution in [0.25, 0.3) is 0 Å². The van der Waals surface area contributed by atoms with E-state index in [1.807, 2.05) is 6.07 Å². The van der Waals surface area contributed by atoms with Crippen molar-refractivity contribution in [3.05, 3.63) is 70.5 Å². The molecule has 2 fully saturated rings. The van der Waals surface area contributed by atoms with Gasteiger partial charge in [-0.2, -0.15) is 0 Å². The normalized spacial score (nSPS) is 24.6. The highest BCUT2D eigenvalue weighted by atomic mass is 35.5. The number of morpholine rings is 1. The number of carboxylic acids is 1. The second kappa shape index (κ2) is 8.13. The van der Waals surface area contributed by atoms with Gasteiger partial charge in [0, 0.05) is 11.6 Å². The number of carboxylic acid groups (broad SMARTS) is 1. The van der Waals surface area contributed by atoms with Crippen LogP contribution in [0.15, 0.2) is 48.5 Å². The number of carbonyl (C=O) groups is 2. The van der Waals surface area contributed by atoms with E-state index in [1.54, 1.807) is 35.2 Å². The molecule has 1 aliphatic carbocycles. The predicted molar refractivity (Wildman–Crippen MR) is 105 cm³/mol. The summed E-state index contributed by atoms with van der Waals surface area (Å²) < 4.78 is 19.6. The van der Waals surface area contributed by atoms with Gasteiger partial charge in [0.15, 0.2) is 0 Å². The zero-order chi connectivity index (χ0) is 20.5. The Kier molecular flexibility index (Phi) is 5.56. The van der Waals surface area contributed by atoms with Crippen LogP contribution in [0.1, 0.15) is 42.5 Å². The first-order chi connectivity index (χ1) is 13.9. The molecule has 1 N–H and O–H groups in total. The minimum atomic E-state index is -1.10. The Morgan fingerprint density at radius 2 is 1.90 bits per heavy atom. The maximum absolute atomic E-state index is 13.5. The first-order valence-corrected chi connectivity index (χ1v) is 9.99. The van der Waals surface area contributed by atoms with Gasteiger partial charge in [0.05, 0.1) is 12.5 Å². The molecule has 1 amide bonds. The molecule has 5 nitrogen and oxygen atoms in total. The van der Waals surface area contributed by atoms with E-state index in [0.717, 1.165) is 24.0 Å². The molecule has 0 radical (unpaired) electrons. The fourth-order valence-corrected chi connectivity index (χ4v) is 4.03. The SMILES string of the molecule is O=C(O)C[C@H]1O[C@H](c2cccc(Cl)c2)[C@@H](c2ccc(F)cc2)N(CC2CC2)C1=O. The Labute approximate surface area is 173 Å². The third-order valence-electron chi connectivity index (χ3n) is 5.39. The summed E-state index contributed by atoms with van der Waals surface area (Å²) in [6, 6.07) is 12.6. The molecule has 0 spiro atoms. The van der Waals surface area contributed by atoms with Crippen molar-refractivity contribution < 1.29 is 23.8 Å². The monoisotopic (exact) mass is 417 g/mol. The molecule has 1 saturated carbocycles. The third-order valence-corrected chi connectivity index (χ3v) is 5.63. The Bertz CT molecular complexity index is 915. The molecular formula is C22H21ClFNO4. The van der Waals surface area contributed by atoms with Crippen LogP contribution in [0.4, 0.5) is 4.39 Å². The van der Waals surface area contributed by atoms with Gasteiger partial charge >= 0.3 is 5.97 Å². The average molecular weight is 418 g/mol. The van der Waals surface area contributed by atoms with Crippen molar-refractivity contribution in [1.29, 1.82) is 0 Å². The maximum atomic E-state index is 13.5. The Balaban J connectivity index is 1.78. The first-order valence-electron chi connectivity index (χ1n) is 9.61. The fraction of sp³-hybridized carbons (Fsp3) is 0.364. The van der Waals surface area contributed by atoms with E-state index in [4.69, 9.17) is 16.3 Å². The lowest BCUT2D eigenvalue weighted by Crippen LogP contribution is -2.52. The lowest BCUT2D eigenvalue weighted by Gasteiger charge is -2.44. The number of hydrogen-bond acceptors (Lipinski definition) is 3. The van der Waals surface area contributed by atoms with Gasteiger partial charge in [0.25, 0.3) is 5.91 Å². The van der Waals surface area contributed by atoms with E-state index in [2.05, 4.69) is 0 Å². The maximum Gasteiger partial charge on any atom is 0.306 e. The molecule has 0 aromatic heterocycles. The number of ether oxygens (including phenoxy) is 1. The number of carbonyl (C=O) groups excluding carboxylic acids is 1. The Hall–Kier alpha value is -2.44. The zero-order valence-corrected chi connectivity index (χ0v) is 16.4. The highest BCUT2D eigenvalue weighted by molar-refractivity contribution is 6.30. The van der Waals surface area contributed by atoms with Crippen molar-refractivity contribution in [2.45, 2.75) is 37.5 Å². The fourth-order valence-electron chi connectivity index (χ4n) is 3.83. The molecule has 7 heteroatoms. The first kappa shape index (κ1) is 19.9. The van der Waals surface area contributed by atoms with Gasteiger partial charge in [-0.1, -0.05) is 35.9 Å². The molecule has 0 unspecified atom stereocenters. The van der Waals surface area contributed by atoms with E-state index in [9.17, 15) is 19.1 Å². The van der Waals surface area contributed by atoms with Gasteiger partial charge in [-0.15, -0.1) is 0 Å². The van der Waals surface area contributed by atoms with Gasteiger partial charge in [-0.05, 0) is 54.2 Å². The van der Waals surface area contributed by atoms with Crippen molar-refractivity contribution in [1.82, 2.24) is 4.90 Å². The van der Waals surface area contributed by atoms with Crippen LogP contribution in [0.5, 0.6) is 0 Å². The molecule has 1 saturated heterocycles. The van der Waals surface area contributed by atoms with E-state index < -0.39 is 30.6 Å². The van der Waals surface area contributed by atoms with Crippen LogP contribution in [0.2, 0.25) is 5.02 Å². The van der Waals surface area contributed by atoms with Gasteiger partial charge in [0.1, 0.15) is 18.0 Å². The molecular weight excluding hydrogens is 397 g/mol. The highest BCUT2D eigenvalue weighted by Crippen LogP contribution is 2.45. The summed E-state index contributed by atoms with van der Waals surface area (Å²) in [4.78, 5) is 26.2. The molecule has 2 aromatic carbocycles. The van der Waals surface area contributed by atoms with Gasteiger partial charge in [-0.3, -0.25) is 9.59 Å². The predicted octanol–water partition coefficient (Wildman–Crippen LogP) is 4.37. The largest absolute Gasteiger partial charge is 0.481 e. The molecule has 4 rings (SSSR count). The van der Waals surface area contributed by atoms with Crippen molar-refractivity contribution in [2.24, 2.45) is 5.92 Å². The Morgan fingerprint density at radius 3 is 2.52 bits per heavy atom. The second-order valence-corrected chi connectivity index (χ2v) is 8.06. The summed E-state index contributed by atoms with van der Waals surface area (Å²) in [5.41, 5.74) is 1.48. The second-order valence-electron chi connectivity index (χ2n) is 7.63. The molecule has 152 valence electrons. The highest BCUT2D eigenvalue weighted by Gasteiger charge is 2.46. The summed E-state index contributed by atoms with van der Waals surface area (Å²) in [5, 5.41) is 9.78. The lowest BCUT2D eigenvalue weighted by atomic mass is 9.91. The van der Waals surface area contributed by atoms with Crippen LogP contribution in [-0.4, -0.2) is 34.5 Å². The number of benzene rings is 2. The van der Waals surface area contributed by atoms with Crippen molar-refractivity contribution in [3.63, 3.8) is 0 Å². The van der Waals surface area contributed by atoms with E-state index in [-0.39, 0.29) is 11.7 Å². The van der Waals surface area contributed by atoms with Gasteiger partial charge in [0.2, 0.25) is 0 Å². The van der Waals surface area contributed by atoms with Gasteiger partial charge < -0.3 is 14.7 Å². The van der Waals surface area contributed by atoms with Crippen LogP contribution in [0.3, 0.4) is 0 Å². The van der Waals surface area contributed by atoms with E-state index >= 15 is 0 Å². The van der Waals surface area contributed by atoms with Crippen LogP contribution < -0.4 is 0 Å². The third kappa shape index (κ3) is 4.43. The van der Waals surface area contributed by atoms with E-state index in [1.165, 1.54) is 12.1 Å². The minimum absolute atomic E-state index is 0.341. The quantitative estimate of drug-likeness (QED) is 0.757. The Morgan fingerprint density at radius 1 is 1.17 bits per heavy atom. The molecule has 29 heavy (non-hydrogen) atoms. The minimum Gasteiger partial charge on any atom is -0.481 e. The smallest absolute Gasteiger partial charge is 0.306 e. The van der Waals surface area contributed by atoms with E-state index in [0.29, 0.717) is 17.5 Å². The number of nitrogens with zero attached hydrogens (tertiary/aromatic N) is 1. The average Bonchev–Trinajstić information content (AvgIpc) is 3.49. The van der Waals surface area contributed by atoms with Crippen molar-refractivity contribution >= 4 is 23.5 Å². The number of aliphatic carboxylic acids is 1. The number of amides is 1. The summed E-state index contributed by atoms with van der Waals surface area (Å²) in [6.07, 6.45) is -0.0297. The summed E-state index contributed by atoms with van der Waals surface area (Å²) in [6.45, 7) is 0.525. The number of rotatable bonds is 6. The molecule has 2 aliphatic rings. The van der Waals surface area contributed by atoms with Crippen LogP contribution in [0, 0.1) is 11.7 Å². The van der Waals surface area contributed by atoms with Crippen LogP contribution >= 0.6 is 11.6 Å². The molecule has 2 aromatic rings. The van der Waals surface area contributed by atoms with Crippen molar-refractivity contribution in [3.8, 4) is 0 Å². The molecule has 1 aliphatic heterocycles. The summed E-state index contributed by atoms with van der Waals surface area (Å²) in [7, 11) is 0. The number of hydrogen-bond donors (Lipinski definition) is 1. The topological polar surface area (TPSA) is 66.8 Å². The molecule has 3 atom stereocenters. The van der Waals surface area contributed by atoms with Gasteiger partial charge in [-0.25, -0.2) is 4.39 Å². The zero-order valence-electron chi connectivity index (χ0n) is 15.6. The standard InChI is InChI=1S/C22H21ClFNO4/c23-16-3-1-2-15(10-16)21-20(14-6-8-17(24)9-7-14)25(12-13-4-5-13)22(28)18(29-21)11-19(26)27/h1-3,6-10,13,18,20-21H,4-5,11-12H2,(H,26,27)/t18-,20-,21-/m1/s1. The summed E-state index contributed by atoms with van der Waals surface area (Å²) >= 11 is 6.18. The number of halogens is 2. The lowest BCUT2D eigenvalue weighted by molar-refractivity contribution is -0.179.